The van der Waals surface area contributed by atoms with E-state index in [1.165, 1.54) is 339 Å². The third-order valence-electron chi connectivity index (χ3n) is 14.1. The number of hydrogen-bond donors (Lipinski definition) is 0. The van der Waals surface area contributed by atoms with Crippen molar-refractivity contribution in [1.29, 1.82) is 0 Å². The summed E-state index contributed by atoms with van der Waals surface area (Å²) in [6, 6.07) is 0. The van der Waals surface area contributed by atoms with Gasteiger partial charge in [0.2, 0.25) is 0 Å². The molecule has 0 saturated carbocycles. The molecule has 0 saturated heterocycles. The van der Waals surface area contributed by atoms with Gasteiger partial charge >= 0.3 is 0 Å². The summed E-state index contributed by atoms with van der Waals surface area (Å²) in [5, 5.41) is 0. The first-order valence-electron chi connectivity index (χ1n) is 28.1. The van der Waals surface area contributed by atoms with Gasteiger partial charge in [0.25, 0.3) is 0 Å². The molecule has 352 valence electrons. The standard InChI is InChI=1S/C56H116N.HI/c1-5-9-12-15-18-21-24-27-30-33-36-39-42-45-48-51-54-57(8-4,55-52-49-46-43-40-37-34-31-28-25-22-19-16-13-10-6-2)56-53-50-47-44-41-38-35-32-29-26-23-20-17-14-11-7-3;/h5-56H2,1-4H3;1H/q+1;/p-1. The van der Waals surface area contributed by atoms with E-state index in [4.69, 9.17) is 0 Å². The van der Waals surface area contributed by atoms with Crippen LogP contribution in [-0.4, -0.2) is 30.7 Å². The Morgan fingerprint density at radius 3 is 0.414 bits per heavy atom. The largest absolute Gasteiger partial charge is 1.00 e. The average Bonchev–Trinajstić information content (AvgIpc) is 3.22. The third-order valence-corrected chi connectivity index (χ3v) is 14.1. The van der Waals surface area contributed by atoms with Crippen molar-refractivity contribution in [2.75, 3.05) is 26.2 Å². The Balaban J connectivity index is 0. The summed E-state index contributed by atoms with van der Waals surface area (Å²) < 4.78 is 1.44. The van der Waals surface area contributed by atoms with Gasteiger partial charge in [0.1, 0.15) is 0 Å². The number of quaternary nitrogens is 1. The normalized spacial score (nSPS) is 11.8. The number of halogens is 1. The van der Waals surface area contributed by atoms with Crippen molar-refractivity contribution in [3.05, 3.63) is 0 Å². The molecule has 0 aliphatic heterocycles. The van der Waals surface area contributed by atoms with Crippen LogP contribution in [-0.2, 0) is 0 Å². The van der Waals surface area contributed by atoms with Gasteiger partial charge in [0.15, 0.2) is 0 Å². The number of unbranched alkanes of at least 4 members (excludes halogenated alkanes) is 45. The Labute approximate surface area is 388 Å². The van der Waals surface area contributed by atoms with Crippen LogP contribution in [0.25, 0.3) is 0 Å². The summed E-state index contributed by atoms with van der Waals surface area (Å²) >= 11 is 0. The quantitative estimate of drug-likeness (QED) is 0.0324. The highest BCUT2D eigenvalue weighted by atomic mass is 127. The van der Waals surface area contributed by atoms with Gasteiger partial charge in [-0.2, -0.15) is 0 Å². The molecule has 0 heterocycles. The third kappa shape index (κ3) is 47.7. The van der Waals surface area contributed by atoms with Gasteiger partial charge in [-0.15, -0.1) is 0 Å². The van der Waals surface area contributed by atoms with Gasteiger partial charge in [-0.25, -0.2) is 0 Å². The first kappa shape index (κ1) is 60.8. The van der Waals surface area contributed by atoms with Gasteiger partial charge < -0.3 is 28.5 Å². The highest BCUT2D eigenvalue weighted by Gasteiger charge is 2.24. The highest BCUT2D eigenvalue weighted by Crippen LogP contribution is 2.21. The van der Waals surface area contributed by atoms with E-state index in [9.17, 15) is 0 Å². The SMILES string of the molecule is CCCCCCCCCCCCCCCCCC[N+](CC)(CCCCCCCCCCCCCCCCCC)CCCCCCCCCCCCCCCCCC.[I-]. The fourth-order valence-corrected chi connectivity index (χ4v) is 9.80. The zero-order valence-electron chi connectivity index (χ0n) is 41.6. The fourth-order valence-electron chi connectivity index (χ4n) is 9.80. The first-order chi connectivity index (χ1) is 28.2. The molecule has 58 heavy (non-hydrogen) atoms. The molecule has 0 aliphatic carbocycles. The van der Waals surface area contributed by atoms with Crippen LogP contribution >= 0.6 is 0 Å². The molecular weight excluding hydrogens is 814 g/mol. The lowest BCUT2D eigenvalue weighted by atomic mass is 10.0. The molecule has 0 bridgehead atoms. The van der Waals surface area contributed by atoms with Crippen molar-refractivity contribution in [2.45, 2.75) is 336 Å². The van der Waals surface area contributed by atoms with Gasteiger partial charge in [0, 0.05) is 0 Å². The van der Waals surface area contributed by atoms with Crippen molar-refractivity contribution in [3.8, 4) is 0 Å². The molecule has 0 amide bonds. The van der Waals surface area contributed by atoms with E-state index >= 15 is 0 Å². The Hall–Kier alpha value is 0.690. The van der Waals surface area contributed by atoms with Gasteiger partial charge in [-0.05, 0) is 45.4 Å². The highest BCUT2D eigenvalue weighted by molar-refractivity contribution is 4.56. The van der Waals surface area contributed by atoms with E-state index in [2.05, 4.69) is 27.7 Å². The zero-order chi connectivity index (χ0) is 41.3. The predicted octanol–water partition coefficient (Wildman–Crippen LogP) is 17.6. The van der Waals surface area contributed by atoms with Crippen LogP contribution in [0.15, 0.2) is 0 Å². The molecule has 0 rings (SSSR count). The Kier molecular flexibility index (Phi) is 56.4. The molecule has 1 nitrogen and oxygen atoms in total. The van der Waals surface area contributed by atoms with Crippen LogP contribution in [0.5, 0.6) is 0 Å². The molecule has 0 aliphatic rings. The zero-order valence-corrected chi connectivity index (χ0v) is 43.8. The van der Waals surface area contributed by atoms with Gasteiger partial charge in [0.05, 0.1) is 26.2 Å². The van der Waals surface area contributed by atoms with E-state index in [1.807, 2.05) is 0 Å². The Morgan fingerprint density at radius 1 is 0.172 bits per heavy atom. The molecule has 0 aromatic heterocycles. The predicted molar refractivity (Wildman–Crippen MR) is 264 cm³/mol. The minimum absolute atomic E-state index is 0. The molecule has 0 aromatic carbocycles. The molecular formula is C56H116IN. The summed E-state index contributed by atoms with van der Waals surface area (Å²) in [4.78, 5) is 0. The second-order valence-corrected chi connectivity index (χ2v) is 19.7. The summed E-state index contributed by atoms with van der Waals surface area (Å²) in [5.41, 5.74) is 0. The van der Waals surface area contributed by atoms with Gasteiger partial charge in [-0.3, -0.25) is 0 Å². The van der Waals surface area contributed by atoms with Crippen LogP contribution < -0.4 is 24.0 Å². The lowest BCUT2D eigenvalue weighted by Gasteiger charge is -2.38. The fraction of sp³-hybridized carbons (Fsp3) is 1.00. The van der Waals surface area contributed by atoms with E-state index in [1.54, 1.807) is 0 Å². The molecule has 0 atom stereocenters. The average molecular weight is 930 g/mol. The number of rotatable bonds is 52. The number of nitrogens with zero attached hydrogens (tertiary/aromatic N) is 1. The lowest BCUT2D eigenvalue weighted by Crippen LogP contribution is -3.00. The van der Waals surface area contributed by atoms with Crippen molar-refractivity contribution in [2.24, 2.45) is 0 Å². The molecule has 2 heteroatoms. The maximum absolute atomic E-state index is 2.53. The maximum Gasteiger partial charge on any atom is 0.0786 e. The van der Waals surface area contributed by atoms with E-state index in [0.717, 1.165) is 0 Å². The van der Waals surface area contributed by atoms with Crippen LogP contribution in [0.1, 0.15) is 336 Å². The van der Waals surface area contributed by atoms with E-state index in [-0.39, 0.29) is 24.0 Å². The monoisotopic (exact) mass is 930 g/mol. The van der Waals surface area contributed by atoms with Gasteiger partial charge in [-0.1, -0.05) is 290 Å². The first-order valence-corrected chi connectivity index (χ1v) is 28.1. The Bertz CT molecular complexity index is 604. The number of hydrogen-bond acceptors (Lipinski definition) is 0. The molecule has 0 fully saturated rings. The van der Waals surface area contributed by atoms with Crippen LogP contribution in [0.3, 0.4) is 0 Å². The summed E-state index contributed by atoms with van der Waals surface area (Å²) in [6.07, 6.45) is 70.8. The van der Waals surface area contributed by atoms with Crippen molar-refractivity contribution >= 4 is 0 Å². The van der Waals surface area contributed by atoms with Crippen LogP contribution in [0.2, 0.25) is 0 Å². The summed E-state index contributed by atoms with van der Waals surface area (Å²) in [6.45, 7) is 15.3. The van der Waals surface area contributed by atoms with Crippen molar-refractivity contribution < 1.29 is 28.5 Å². The van der Waals surface area contributed by atoms with Crippen LogP contribution in [0, 0.1) is 0 Å². The summed E-state index contributed by atoms with van der Waals surface area (Å²) in [5.74, 6) is 0. The van der Waals surface area contributed by atoms with Crippen molar-refractivity contribution in [3.63, 3.8) is 0 Å². The van der Waals surface area contributed by atoms with E-state index < -0.39 is 0 Å². The topological polar surface area (TPSA) is 0 Å². The molecule has 0 aromatic rings. The van der Waals surface area contributed by atoms with Crippen molar-refractivity contribution in [1.82, 2.24) is 0 Å². The molecule has 0 unspecified atom stereocenters. The smallest absolute Gasteiger partial charge is 0.0786 e. The minimum Gasteiger partial charge on any atom is -1.00 e. The molecule has 0 spiro atoms. The molecule has 0 radical (unpaired) electrons. The van der Waals surface area contributed by atoms with Crippen LogP contribution in [0.4, 0.5) is 0 Å². The minimum atomic E-state index is 0. The Morgan fingerprint density at radius 2 is 0.293 bits per heavy atom. The molecule has 0 N–H and O–H groups in total. The lowest BCUT2D eigenvalue weighted by molar-refractivity contribution is -0.927. The summed E-state index contributed by atoms with van der Waals surface area (Å²) in [7, 11) is 0. The maximum atomic E-state index is 2.53. The second kappa shape index (κ2) is 53.8. The second-order valence-electron chi connectivity index (χ2n) is 19.7. The van der Waals surface area contributed by atoms with E-state index in [0.29, 0.717) is 0 Å².